The van der Waals surface area contributed by atoms with Gasteiger partial charge in [-0.25, -0.2) is 0 Å². The Labute approximate surface area is 105 Å². The van der Waals surface area contributed by atoms with Gasteiger partial charge in [0, 0.05) is 4.90 Å². The summed E-state index contributed by atoms with van der Waals surface area (Å²) in [4.78, 5) is 12.3. The zero-order valence-corrected chi connectivity index (χ0v) is 11.5. The summed E-state index contributed by atoms with van der Waals surface area (Å²) < 4.78 is 17.1. The normalized spacial score (nSPS) is 14.1. The van der Waals surface area contributed by atoms with Crippen LogP contribution >= 0.6 is 0 Å². The molecule has 1 rings (SSSR count). The molecule has 94 valence electrons. The van der Waals surface area contributed by atoms with Crippen LogP contribution in [0.1, 0.15) is 25.0 Å². The molecule has 0 heterocycles. The number of benzene rings is 1. The maximum atomic E-state index is 12.2. The van der Waals surface area contributed by atoms with E-state index in [9.17, 15) is 9.00 Å². The van der Waals surface area contributed by atoms with Crippen molar-refractivity contribution in [1.29, 1.82) is 0 Å². The highest BCUT2D eigenvalue weighted by Crippen LogP contribution is 2.18. The van der Waals surface area contributed by atoms with E-state index in [1.54, 1.807) is 13.8 Å². The molecule has 0 radical (unpaired) electrons. The van der Waals surface area contributed by atoms with Crippen LogP contribution in [0.2, 0.25) is 0 Å². The molecule has 3 nitrogen and oxygen atoms in total. The summed E-state index contributed by atoms with van der Waals surface area (Å²) in [5.74, 6) is -0.410. The van der Waals surface area contributed by atoms with E-state index in [4.69, 9.17) is 4.74 Å². The van der Waals surface area contributed by atoms with Crippen molar-refractivity contribution in [2.24, 2.45) is 0 Å². The smallest absolute Gasteiger partial charge is 0.321 e. The van der Waals surface area contributed by atoms with Crippen LogP contribution in [-0.2, 0) is 20.3 Å². The molecule has 1 aromatic carbocycles. The second-order valence-corrected chi connectivity index (χ2v) is 5.70. The predicted octanol–water partition coefficient (Wildman–Crippen LogP) is 2.36. The first-order valence-corrected chi connectivity index (χ1v) is 6.83. The highest BCUT2D eigenvalue weighted by atomic mass is 32.2. The molecule has 2 unspecified atom stereocenters. The van der Waals surface area contributed by atoms with Crippen LogP contribution in [0.5, 0.6) is 0 Å². The molecule has 0 amide bonds. The highest BCUT2D eigenvalue weighted by Gasteiger charge is 2.23. The van der Waals surface area contributed by atoms with Crippen molar-refractivity contribution in [2.75, 3.05) is 6.61 Å². The number of carbonyl (C=O) groups is 1. The van der Waals surface area contributed by atoms with Crippen LogP contribution in [-0.4, -0.2) is 22.0 Å². The molecule has 0 aliphatic heterocycles. The summed E-state index contributed by atoms with van der Waals surface area (Å²) in [6.07, 6.45) is 0. The largest absolute Gasteiger partial charge is 0.465 e. The van der Waals surface area contributed by atoms with Gasteiger partial charge in [-0.05, 0) is 44.9 Å². The molecule has 0 aliphatic carbocycles. The van der Waals surface area contributed by atoms with E-state index in [-0.39, 0.29) is 0 Å². The Balaban J connectivity index is 2.96. The van der Waals surface area contributed by atoms with Gasteiger partial charge in [0.2, 0.25) is 0 Å². The third-order valence-electron chi connectivity index (χ3n) is 2.50. The van der Waals surface area contributed by atoms with E-state index in [1.807, 2.05) is 32.0 Å². The topological polar surface area (TPSA) is 43.4 Å². The first-order valence-electron chi connectivity index (χ1n) is 5.61. The number of esters is 1. The van der Waals surface area contributed by atoms with Gasteiger partial charge in [-0.2, -0.15) is 0 Å². The quantitative estimate of drug-likeness (QED) is 0.775. The van der Waals surface area contributed by atoms with Gasteiger partial charge in [0.1, 0.15) is 5.25 Å². The van der Waals surface area contributed by atoms with Crippen LogP contribution in [0.4, 0.5) is 0 Å². The Morgan fingerprint density at radius 1 is 1.41 bits per heavy atom. The van der Waals surface area contributed by atoms with Crippen LogP contribution in [0.3, 0.4) is 0 Å². The van der Waals surface area contributed by atoms with Crippen molar-refractivity contribution in [1.82, 2.24) is 0 Å². The molecule has 0 saturated heterocycles. The number of ether oxygens (including phenoxy) is 1. The molecule has 0 bridgehead atoms. The van der Waals surface area contributed by atoms with Gasteiger partial charge in [0.25, 0.3) is 0 Å². The minimum absolute atomic E-state index is 0.313. The van der Waals surface area contributed by atoms with E-state index in [0.29, 0.717) is 11.5 Å². The molecule has 17 heavy (non-hydrogen) atoms. The lowest BCUT2D eigenvalue weighted by Gasteiger charge is -2.12. The fourth-order valence-electron chi connectivity index (χ4n) is 1.46. The SMILES string of the molecule is CCOC(=O)C(C)S(=O)c1cc(C)ccc1C. The summed E-state index contributed by atoms with van der Waals surface area (Å²) in [6.45, 7) is 7.52. The van der Waals surface area contributed by atoms with Gasteiger partial charge in [-0.1, -0.05) is 12.1 Å². The standard InChI is InChI=1S/C13H18O3S/c1-5-16-13(14)11(4)17(15)12-8-9(2)6-7-10(12)3/h6-8,11H,5H2,1-4H3. The molecular formula is C13H18O3S. The van der Waals surface area contributed by atoms with E-state index >= 15 is 0 Å². The number of hydrogen-bond donors (Lipinski definition) is 0. The van der Waals surface area contributed by atoms with Crippen molar-refractivity contribution < 1.29 is 13.7 Å². The molecule has 0 N–H and O–H groups in total. The van der Waals surface area contributed by atoms with E-state index in [1.165, 1.54) is 0 Å². The Hall–Kier alpha value is -1.16. The summed E-state index contributed by atoms with van der Waals surface area (Å²) >= 11 is 0. The number of rotatable bonds is 4. The van der Waals surface area contributed by atoms with Crippen LogP contribution in [0.15, 0.2) is 23.1 Å². The van der Waals surface area contributed by atoms with E-state index in [2.05, 4.69) is 0 Å². The van der Waals surface area contributed by atoms with Crippen molar-refractivity contribution in [3.63, 3.8) is 0 Å². The average Bonchev–Trinajstić information content (AvgIpc) is 2.30. The minimum atomic E-state index is -1.36. The fourth-order valence-corrected chi connectivity index (χ4v) is 2.77. The lowest BCUT2D eigenvalue weighted by molar-refractivity contribution is -0.142. The van der Waals surface area contributed by atoms with Gasteiger partial charge < -0.3 is 4.74 Å². The van der Waals surface area contributed by atoms with E-state index < -0.39 is 22.0 Å². The van der Waals surface area contributed by atoms with Gasteiger partial charge >= 0.3 is 5.97 Å². The second kappa shape index (κ2) is 5.96. The third-order valence-corrected chi connectivity index (χ3v) is 4.21. The zero-order valence-electron chi connectivity index (χ0n) is 10.6. The number of hydrogen-bond acceptors (Lipinski definition) is 3. The van der Waals surface area contributed by atoms with Crippen LogP contribution in [0, 0.1) is 13.8 Å². The molecular weight excluding hydrogens is 236 g/mol. The van der Waals surface area contributed by atoms with Gasteiger partial charge in [0.15, 0.2) is 0 Å². The Morgan fingerprint density at radius 3 is 2.65 bits per heavy atom. The molecule has 4 heteroatoms. The number of carbonyl (C=O) groups excluding carboxylic acids is 1. The van der Waals surface area contributed by atoms with E-state index in [0.717, 1.165) is 11.1 Å². The molecule has 0 saturated carbocycles. The van der Waals surface area contributed by atoms with Crippen LogP contribution in [0.25, 0.3) is 0 Å². The van der Waals surface area contributed by atoms with Crippen LogP contribution < -0.4 is 0 Å². The summed E-state index contributed by atoms with van der Waals surface area (Å²) in [7, 11) is -1.36. The summed E-state index contributed by atoms with van der Waals surface area (Å²) in [6, 6.07) is 5.74. The molecule has 0 spiro atoms. The minimum Gasteiger partial charge on any atom is -0.465 e. The second-order valence-electron chi connectivity index (χ2n) is 3.96. The third kappa shape index (κ3) is 3.40. The van der Waals surface area contributed by atoms with Gasteiger partial charge in [-0.3, -0.25) is 9.00 Å². The summed E-state index contributed by atoms with van der Waals surface area (Å²) in [5, 5.41) is -0.629. The molecule has 0 fully saturated rings. The van der Waals surface area contributed by atoms with Crippen molar-refractivity contribution in [3.05, 3.63) is 29.3 Å². The molecule has 0 aliphatic rings. The lowest BCUT2D eigenvalue weighted by atomic mass is 10.2. The molecule has 2 atom stereocenters. The maximum absolute atomic E-state index is 12.2. The van der Waals surface area contributed by atoms with Crippen molar-refractivity contribution >= 4 is 16.8 Å². The first kappa shape index (κ1) is 13.9. The first-order chi connectivity index (χ1) is 7.97. The Kier molecular flexibility index (Phi) is 4.87. The monoisotopic (exact) mass is 254 g/mol. The highest BCUT2D eigenvalue weighted by molar-refractivity contribution is 7.86. The average molecular weight is 254 g/mol. The summed E-state index contributed by atoms with van der Waals surface area (Å²) in [5.41, 5.74) is 1.97. The Morgan fingerprint density at radius 2 is 2.06 bits per heavy atom. The Bertz CT molecular complexity index is 440. The molecule has 1 aromatic rings. The number of aryl methyl sites for hydroxylation is 2. The zero-order chi connectivity index (χ0) is 13.0. The maximum Gasteiger partial charge on any atom is 0.321 e. The lowest BCUT2D eigenvalue weighted by Crippen LogP contribution is -2.25. The fraction of sp³-hybridized carbons (Fsp3) is 0.462. The van der Waals surface area contributed by atoms with Gasteiger partial charge in [-0.15, -0.1) is 0 Å². The molecule has 0 aromatic heterocycles. The van der Waals surface area contributed by atoms with Gasteiger partial charge in [0.05, 0.1) is 17.4 Å². The predicted molar refractivity (Wildman–Crippen MR) is 68.4 cm³/mol. The van der Waals surface area contributed by atoms with Crippen molar-refractivity contribution in [3.8, 4) is 0 Å². The van der Waals surface area contributed by atoms with Crippen molar-refractivity contribution in [2.45, 2.75) is 37.8 Å².